The van der Waals surface area contributed by atoms with Crippen molar-refractivity contribution in [1.29, 1.82) is 0 Å². The summed E-state index contributed by atoms with van der Waals surface area (Å²) in [5, 5.41) is 11.2. The van der Waals surface area contributed by atoms with E-state index >= 15 is 0 Å². The molecule has 1 aliphatic carbocycles. The van der Waals surface area contributed by atoms with Crippen LogP contribution in [0.1, 0.15) is 46.5 Å². The number of ether oxygens (including phenoxy) is 2. The fraction of sp³-hybridized carbons (Fsp3) is 0.786. The Morgan fingerprint density at radius 2 is 2.11 bits per heavy atom. The predicted molar refractivity (Wildman–Crippen MR) is 64.8 cm³/mol. The average molecular weight is 253 g/mol. The molecule has 3 atom stereocenters. The molecule has 0 amide bonds. The van der Waals surface area contributed by atoms with Gasteiger partial charge < -0.3 is 19.4 Å². The predicted octanol–water partition coefficient (Wildman–Crippen LogP) is 1.19. The van der Waals surface area contributed by atoms with Crippen molar-refractivity contribution in [3.63, 3.8) is 0 Å². The number of hydrogen-bond acceptors (Lipinski definition) is 4. The minimum atomic E-state index is -1.07. The molecule has 102 valence electrons. The van der Waals surface area contributed by atoms with Gasteiger partial charge in [0, 0.05) is 6.42 Å². The third-order valence-electron chi connectivity index (χ3n) is 3.93. The summed E-state index contributed by atoms with van der Waals surface area (Å²) in [4.78, 5) is 11.2. The number of carbonyl (C=O) groups is 1. The highest BCUT2D eigenvalue weighted by Crippen LogP contribution is 2.43. The first-order valence-electron chi connectivity index (χ1n) is 6.86. The summed E-state index contributed by atoms with van der Waals surface area (Å²) in [6.07, 6.45) is 3.08. The highest BCUT2D eigenvalue weighted by molar-refractivity contribution is 5.86. The minimum Gasteiger partial charge on any atom is -0.545 e. The maximum atomic E-state index is 11.2. The van der Waals surface area contributed by atoms with Gasteiger partial charge in [0.1, 0.15) is 12.2 Å². The van der Waals surface area contributed by atoms with Crippen molar-refractivity contribution < 1.29 is 19.4 Å². The Balaban J connectivity index is 2.20. The molecule has 1 heterocycles. The second-order valence-corrected chi connectivity index (χ2v) is 4.98. The minimum absolute atomic E-state index is 0.0209. The molecule has 2 aliphatic rings. The van der Waals surface area contributed by atoms with Crippen LogP contribution in [0.4, 0.5) is 0 Å². The van der Waals surface area contributed by atoms with E-state index in [0.29, 0.717) is 18.4 Å². The number of carboxylic acid groups (broad SMARTS) is 1. The molecule has 2 rings (SSSR count). The molecule has 0 saturated carbocycles. The first-order chi connectivity index (χ1) is 8.62. The Kier molecular flexibility index (Phi) is 4.07. The highest BCUT2D eigenvalue weighted by atomic mass is 16.6. The lowest BCUT2D eigenvalue weighted by atomic mass is 9.87. The Morgan fingerprint density at radius 1 is 1.44 bits per heavy atom. The van der Waals surface area contributed by atoms with Crippen LogP contribution in [0.15, 0.2) is 11.1 Å². The average Bonchev–Trinajstić information content (AvgIpc) is 3.13. The van der Waals surface area contributed by atoms with Gasteiger partial charge in [-0.2, -0.15) is 0 Å². The maximum Gasteiger partial charge on any atom is 0.114 e. The van der Waals surface area contributed by atoms with E-state index in [1.54, 1.807) is 0 Å². The molecule has 1 saturated heterocycles. The molecule has 1 aliphatic heterocycles. The van der Waals surface area contributed by atoms with Crippen LogP contribution in [0.3, 0.4) is 0 Å². The molecule has 0 aromatic carbocycles. The van der Waals surface area contributed by atoms with Crippen LogP contribution in [-0.4, -0.2) is 30.4 Å². The molecular weight excluding hydrogens is 232 g/mol. The van der Waals surface area contributed by atoms with Gasteiger partial charge in [0.05, 0.1) is 18.2 Å². The van der Waals surface area contributed by atoms with Gasteiger partial charge in [0.15, 0.2) is 0 Å². The largest absolute Gasteiger partial charge is 0.545 e. The van der Waals surface area contributed by atoms with E-state index in [0.717, 1.165) is 18.4 Å². The lowest BCUT2D eigenvalue weighted by Gasteiger charge is -2.29. The Labute approximate surface area is 108 Å². The molecule has 0 spiro atoms. The van der Waals surface area contributed by atoms with E-state index in [2.05, 4.69) is 13.8 Å². The summed E-state index contributed by atoms with van der Waals surface area (Å²) in [5.41, 5.74) is 1.26. The van der Waals surface area contributed by atoms with E-state index in [9.17, 15) is 9.90 Å². The fourth-order valence-corrected chi connectivity index (χ4v) is 2.77. The van der Waals surface area contributed by atoms with E-state index in [4.69, 9.17) is 9.47 Å². The third-order valence-corrected chi connectivity index (χ3v) is 3.93. The smallest absolute Gasteiger partial charge is 0.114 e. The number of aliphatic carboxylic acids is 1. The normalized spacial score (nSPS) is 30.6. The van der Waals surface area contributed by atoms with Crippen molar-refractivity contribution in [2.75, 3.05) is 0 Å². The molecule has 0 bridgehead atoms. The first kappa shape index (κ1) is 13.6. The van der Waals surface area contributed by atoms with Gasteiger partial charge in [-0.3, -0.25) is 0 Å². The van der Waals surface area contributed by atoms with E-state index in [1.807, 2.05) is 6.92 Å². The molecule has 0 unspecified atom stereocenters. The number of epoxide rings is 1. The molecule has 0 aromatic rings. The number of hydrogen-bond donors (Lipinski definition) is 0. The zero-order valence-electron chi connectivity index (χ0n) is 11.3. The van der Waals surface area contributed by atoms with Gasteiger partial charge in [0.2, 0.25) is 0 Å². The highest BCUT2D eigenvalue weighted by Gasteiger charge is 2.51. The van der Waals surface area contributed by atoms with Gasteiger partial charge in [-0.15, -0.1) is 0 Å². The van der Waals surface area contributed by atoms with Gasteiger partial charge in [-0.25, -0.2) is 0 Å². The fourth-order valence-electron chi connectivity index (χ4n) is 2.77. The monoisotopic (exact) mass is 253 g/mol. The Bertz CT molecular complexity index is 357. The van der Waals surface area contributed by atoms with Crippen LogP contribution in [0, 0.1) is 0 Å². The van der Waals surface area contributed by atoms with E-state index in [-0.39, 0.29) is 24.4 Å². The number of carboxylic acids is 1. The summed E-state index contributed by atoms with van der Waals surface area (Å²) in [5.74, 6) is -1.07. The molecule has 4 nitrogen and oxygen atoms in total. The number of carbonyl (C=O) groups excluding carboxylic acids is 1. The summed E-state index contributed by atoms with van der Waals surface area (Å²) >= 11 is 0. The van der Waals surface area contributed by atoms with Crippen LogP contribution in [0.5, 0.6) is 0 Å². The van der Waals surface area contributed by atoms with Crippen molar-refractivity contribution in [2.24, 2.45) is 0 Å². The SMILES string of the molecule is CCC1=C(C(=O)[O-])C[C@@H]2O[C@@H]2[C@@H]1OC(CC)CC. The molecule has 0 aromatic heterocycles. The van der Waals surface area contributed by atoms with Gasteiger partial charge in [-0.05, 0) is 30.4 Å². The quantitative estimate of drug-likeness (QED) is 0.667. The molecular formula is C14H21O4-. The molecule has 0 radical (unpaired) electrons. The summed E-state index contributed by atoms with van der Waals surface area (Å²) in [6, 6.07) is 0. The second-order valence-electron chi connectivity index (χ2n) is 4.98. The lowest BCUT2D eigenvalue weighted by molar-refractivity contribution is -0.299. The Hall–Kier alpha value is -0.870. The van der Waals surface area contributed by atoms with Crippen molar-refractivity contribution in [3.05, 3.63) is 11.1 Å². The van der Waals surface area contributed by atoms with Crippen LogP contribution >= 0.6 is 0 Å². The zero-order valence-corrected chi connectivity index (χ0v) is 11.3. The van der Waals surface area contributed by atoms with Crippen molar-refractivity contribution in [1.82, 2.24) is 0 Å². The summed E-state index contributed by atoms with van der Waals surface area (Å²) < 4.78 is 11.6. The lowest BCUT2D eigenvalue weighted by Crippen LogP contribution is -2.37. The van der Waals surface area contributed by atoms with Crippen molar-refractivity contribution in [3.8, 4) is 0 Å². The topological polar surface area (TPSA) is 61.9 Å². The number of rotatable bonds is 6. The van der Waals surface area contributed by atoms with Gasteiger partial charge >= 0.3 is 0 Å². The number of fused-ring (bicyclic) bond motifs is 1. The van der Waals surface area contributed by atoms with Crippen LogP contribution in [0.25, 0.3) is 0 Å². The van der Waals surface area contributed by atoms with Crippen LogP contribution in [-0.2, 0) is 14.3 Å². The molecule has 18 heavy (non-hydrogen) atoms. The summed E-state index contributed by atoms with van der Waals surface area (Å²) in [6.45, 7) is 6.12. The third kappa shape index (κ3) is 2.45. The van der Waals surface area contributed by atoms with E-state index in [1.165, 1.54) is 0 Å². The van der Waals surface area contributed by atoms with Crippen molar-refractivity contribution in [2.45, 2.75) is 70.9 Å². The second kappa shape index (κ2) is 5.41. The Morgan fingerprint density at radius 3 is 2.61 bits per heavy atom. The summed E-state index contributed by atoms with van der Waals surface area (Å²) in [7, 11) is 0. The van der Waals surface area contributed by atoms with Crippen LogP contribution in [0.2, 0.25) is 0 Å². The molecule has 1 fully saturated rings. The van der Waals surface area contributed by atoms with Crippen LogP contribution < -0.4 is 5.11 Å². The van der Waals surface area contributed by atoms with Crippen molar-refractivity contribution >= 4 is 5.97 Å². The maximum absolute atomic E-state index is 11.2. The molecule has 0 N–H and O–H groups in total. The standard InChI is InChI=1S/C14H22O4/c1-4-8(5-2)17-12-9(6-3)10(14(15)16)7-11-13(12)18-11/h8,11-13H,4-7H2,1-3H3,(H,15,16)/p-1/t11-,12+,13-/m0/s1. The van der Waals surface area contributed by atoms with Gasteiger partial charge in [0.25, 0.3) is 0 Å². The zero-order chi connectivity index (χ0) is 13.3. The first-order valence-corrected chi connectivity index (χ1v) is 6.86. The molecule has 4 heteroatoms. The van der Waals surface area contributed by atoms with Gasteiger partial charge in [-0.1, -0.05) is 20.8 Å². The van der Waals surface area contributed by atoms with E-state index < -0.39 is 5.97 Å².